The Morgan fingerprint density at radius 1 is 0.862 bits per heavy atom. The zero-order valence-corrected chi connectivity index (χ0v) is 17.9. The molecule has 0 saturated carbocycles. The molecule has 1 saturated heterocycles. The molecule has 5 N–H and O–H groups in total. The molecular formula is C22H30O6Si. The quantitative estimate of drug-likeness (QED) is 0.438. The van der Waals surface area contributed by atoms with Crippen LogP contribution in [0.3, 0.4) is 0 Å². The van der Waals surface area contributed by atoms with E-state index in [9.17, 15) is 25.5 Å². The molecule has 1 aliphatic rings. The van der Waals surface area contributed by atoms with Crippen LogP contribution in [0.1, 0.15) is 20.8 Å². The topological polar surface area (TPSA) is 110 Å². The van der Waals surface area contributed by atoms with E-state index in [4.69, 9.17) is 4.74 Å². The van der Waals surface area contributed by atoms with Gasteiger partial charge in [-0.2, -0.15) is 0 Å². The van der Waals surface area contributed by atoms with Crippen molar-refractivity contribution >= 4 is 18.4 Å². The summed E-state index contributed by atoms with van der Waals surface area (Å²) < 4.78 is 5.93. The fourth-order valence-electron chi connectivity index (χ4n) is 4.82. The third kappa shape index (κ3) is 3.27. The summed E-state index contributed by atoms with van der Waals surface area (Å²) in [6.45, 7) is 5.31. The van der Waals surface area contributed by atoms with Crippen LogP contribution in [0.25, 0.3) is 0 Å². The summed E-state index contributed by atoms with van der Waals surface area (Å²) in [5.74, 6) is 0. The van der Waals surface area contributed by atoms with E-state index in [0.717, 1.165) is 10.4 Å². The third-order valence-electron chi connectivity index (χ3n) is 6.04. The number of hydrogen-bond donors (Lipinski definition) is 5. The molecule has 6 nitrogen and oxygen atoms in total. The Hall–Kier alpha value is -1.58. The fraction of sp³-hybridized carbons (Fsp3) is 0.455. The van der Waals surface area contributed by atoms with Gasteiger partial charge in [-0.05, 0) is 15.4 Å². The molecule has 0 radical (unpaired) electrons. The molecule has 0 aliphatic carbocycles. The monoisotopic (exact) mass is 418 g/mol. The minimum atomic E-state index is -3.46. The summed E-state index contributed by atoms with van der Waals surface area (Å²) in [7, 11) is -3.46. The van der Waals surface area contributed by atoms with Gasteiger partial charge in [0.2, 0.25) is 0 Å². The van der Waals surface area contributed by atoms with Gasteiger partial charge in [0.05, 0.1) is 6.61 Å². The molecule has 1 heterocycles. The summed E-state index contributed by atoms with van der Waals surface area (Å²) in [5.41, 5.74) is -2.21. The van der Waals surface area contributed by atoms with Gasteiger partial charge in [-0.15, -0.1) is 0 Å². The molecule has 7 heteroatoms. The first kappa shape index (κ1) is 22.1. The molecule has 158 valence electrons. The molecule has 0 amide bonds. The Kier molecular flexibility index (Phi) is 6.04. The minimum Gasteiger partial charge on any atom is -0.394 e. The van der Waals surface area contributed by atoms with Gasteiger partial charge in [0.25, 0.3) is 0 Å². The molecule has 0 bridgehead atoms. The number of benzene rings is 2. The van der Waals surface area contributed by atoms with Crippen molar-refractivity contribution in [3.8, 4) is 0 Å². The molecule has 29 heavy (non-hydrogen) atoms. The summed E-state index contributed by atoms with van der Waals surface area (Å²) in [5, 5.41) is 54.8. The van der Waals surface area contributed by atoms with Crippen molar-refractivity contribution in [3.05, 3.63) is 60.7 Å². The Bertz CT molecular complexity index is 768. The van der Waals surface area contributed by atoms with E-state index in [1.165, 1.54) is 0 Å². The lowest BCUT2D eigenvalue weighted by atomic mass is 9.99. The van der Waals surface area contributed by atoms with E-state index in [1.807, 2.05) is 81.4 Å². The van der Waals surface area contributed by atoms with Crippen LogP contribution in [-0.4, -0.2) is 70.0 Å². The van der Waals surface area contributed by atoms with Crippen LogP contribution in [0.15, 0.2) is 60.7 Å². The standard InChI is InChI=1S/C22H30O6Si/c1-21(2,3)29(15-10-6-4-7-11-15,16-12-8-5-9-13-16)22(27)20(26)19(25)18(24)17(14-23)28-22/h4-13,17-20,23-27H,14H2,1-3H3/t17-,18-,19+,20-,22+/m1/s1. The van der Waals surface area contributed by atoms with Gasteiger partial charge in [-0.25, -0.2) is 0 Å². The van der Waals surface area contributed by atoms with Crippen molar-refractivity contribution in [2.24, 2.45) is 0 Å². The maximum absolute atomic E-state index is 12.1. The highest BCUT2D eigenvalue weighted by atomic mass is 28.3. The molecule has 0 spiro atoms. The molecule has 1 aliphatic heterocycles. The van der Waals surface area contributed by atoms with Gasteiger partial charge in [-0.3, -0.25) is 0 Å². The fourth-order valence-corrected chi connectivity index (χ4v) is 11.1. The van der Waals surface area contributed by atoms with E-state index in [2.05, 4.69) is 0 Å². The molecule has 0 unspecified atom stereocenters. The number of ether oxygens (including phenoxy) is 1. The number of aliphatic hydroxyl groups excluding tert-OH is 4. The van der Waals surface area contributed by atoms with E-state index in [0.29, 0.717) is 0 Å². The maximum atomic E-state index is 12.1. The molecule has 3 rings (SSSR count). The largest absolute Gasteiger partial charge is 0.394 e. The lowest BCUT2D eigenvalue weighted by Crippen LogP contribution is -2.85. The molecule has 2 aromatic carbocycles. The van der Waals surface area contributed by atoms with Gasteiger partial charge in [-0.1, -0.05) is 81.4 Å². The summed E-state index contributed by atoms with van der Waals surface area (Å²) in [6, 6.07) is 18.7. The average Bonchev–Trinajstić information content (AvgIpc) is 2.70. The van der Waals surface area contributed by atoms with Crippen LogP contribution in [-0.2, 0) is 4.74 Å². The van der Waals surface area contributed by atoms with Crippen molar-refractivity contribution in [2.45, 2.75) is 55.6 Å². The highest BCUT2D eigenvalue weighted by Crippen LogP contribution is 2.47. The zero-order valence-electron chi connectivity index (χ0n) is 16.9. The number of aliphatic hydroxyl groups is 5. The smallest absolute Gasteiger partial charge is 0.195 e. The van der Waals surface area contributed by atoms with E-state index >= 15 is 0 Å². The maximum Gasteiger partial charge on any atom is 0.195 e. The second kappa shape index (κ2) is 7.92. The summed E-state index contributed by atoms with van der Waals surface area (Å²) in [4.78, 5) is 0. The zero-order chi connectivity index (χ0) is 21.4. The van der Waals surface area contributed by atoms with E-state index in [-0.39, 0.29) is 0 Å². The molecular weight excluding hydrogens is 388 g/mol. The van der Waals surface area contributed by atoms with E-state index < -0.39 is 49.5 Å². The average molecular weight is 419 g/mol. The van der Waals surface area contributed by atoms with Gasteiger partial charge in [0.1, 0.15) is 24.4 Å². The molecule has 0 aromatic heterocycles. The second-order valence-electron chi connectivity index (χ2n) is 8.69. The van der Waals surface area contributed by atoms with E-state index in [1.54, 1.807) is 0 Å². The van der Waals surface area contributed by atoms with Crippen molar-refractivity contribution < 1.29 is 30.3 Å². The predicted octanol–water partition coefficient (Wildman–Crippen LogP) is -0.249. The first-order chi connectivity index (χ1) is 13.6. The van der Waals surface area contributed by atoms with Crippen LogP contribution in [0.2, 0.25) is 5.04 Å². The normalized spacial score (nSPS) is 30.9. The summed E-state index contributed by atoms with van der Waals surface area (Å²) in [6.07, 6.45) is -6.20. The van der Waals surface area contributed by atoms with Gasteiger partial charge in [0.15, 0.2) is 13.5 Å². The Labute approximate surface area is 172 Å². The van der Waals surface area contributed by atoms with Crippen LogP contribution in [0.5, 0.6) is 0 Å². The highest BCUT2D eigenvalue weighted by molar-refractivity contribution is 7.06. The Morgan fingerprint density at radius 2 is 1.31 bits per heavy atom. The van der Waals surface area contributed by atoms with Gasteiger partial charge >= 0.3 is 0 Å². The minimum absolute atomic E-state index is 0.590. The predicted molar refractivity (Wildman–Crippen MR) is 113 cm³/mol. The first-order valence-corrected chi connectivity index (χ1v) is 11.8. The SMILES string of the molecule is CC(C)(C)[Si](c1ccccc1)(c1ccccc1)[C@@]1(O)O[C@H](CO)[C@@H](O)[C@H](O)[C@H]1O. The molecule has 2 aromatic rings. The lowest BCUT2D eigenvalue weighted by molar-refractivity contribution is -0.315. The Balaban J connectivity index is 2.39. The van der Waals surface area contributed by atoms with Gasteiger partial charge in [0, 0.05) is 0 Å². The number of hydrogen-bond acceptors (Lipinski definition) is 6. The Morgan fingerprint density at radius 3 is 1.69 bits per heavy atom. The first-order valence-electron chi connectivity index (χ1n) is 9.77. The van der Waals surface area contributed by atoms with Crippen molar-refractivity contribution in [3.63, 3.8) is 0 Å². The second-order valence-corrected chi connectivity index (χ2v) is 13.6. The van der Waals surface area contributed by atoms with Crippen molar-refractivity contribution in [1.82, 2.24) is 0 Å². The third-order valence-corrected chi connectivity index (χ3v) is 12.2. The molecule has 5 atom stereocenters. The molecule has 1 fully saturated rings. The summed E-state index contributed by atoms with van der Waals surface area (Å²) >= 11 is 0. The van der Waals surface area contributed by atoms with Crippen LogP contribution < -0.4 is 10.4 Å². The van der Waals surface area contributed by atoms with Crippen LogP contribution in [0, 0.1) is 0 Å². The van der Waals surface area contributed by atoms with Crippen molar-refractivity contribution in [2.75, 3.05) is 6.61 Å². The highest BCUT2D eigenvalue weighted by Gasteiger charge is 2.70. The van der Waals surface area contributed by atoms with Crippen LogP contribution in [0.4, 0.5) is 0 Å². The van der Waals surface area contributed by atoms with Gasteiger partial charge < -0.3 is 30.3 Å². The van der Waals surface area contributed by atoms with Crippen molar-refractivity contribution in [1.29, 1.82) is 0 Å². The van der Waals surface area contributed by atoms with Crippen LogP contribution >= 0.6 is 0 Å². The lowest BCUT2D eigenvalue weighted by Gasteiger charge is -2.58. The number of rotatable bonds is 4.